The van der Waals surface area contributed by atoms with Gasteiger partial charge in [0.15, 0.2) is 0 Å². The Morgan fingerprint density at radius 1 is 1.21 bits per heavy atom. The smallest absolute Gasteiger partial charge is 0.226 e. The number of rotatable bonds is 7. The van der Waals surface area contributed by atoms with E-state index < -0.39 is 0 Å². The molecule has 6 heteroatoms. The van der Waals surface area contributed by atoms with Gasteiger partial charge in [-0.05, 0) is 44.4 Å². The first-order valence-electron chi connectivity index (χ1n) is 9.91. The summed E-state index contributed by atoms with van der Waals surface area (Å²) in [6.07, 6.45) is 4.13. The normalized spacial score (nSPS) is 14.9. The summed E-state index contributed by atoms with van der Waals surface area (Å²) >= 11 is 0. The Kier molecular flexibility index (Phi) is 6.98. The van der Waals surface area contributed by atoms with Gasteiger partial charge in [-0.3, -0.25) is 4.79 Å². The van der Waals surface area contributed by atoms with E-state index >= 15 is 0 Å². The molecule has 28 heavy (non-hydrogen) atoms. The Morgan fingerprint density at radius 2 is 1.93 bits per heavy atom. The van der Waals surface area contributed by atoms with E-state index in [9.17, 15) is 4.79 Å². The van der Waals surface area contributed by atoms with Gasteiger partial charge in [0.2, 0.25) is 5.91 Å². The minimum atomic E-state index is 0.179. The van der Waals surface area contributed by atoms with Crippen LogP contribution in [0.25, 0.3) is 0 Å². The van der Waals surface area contributed by atoms with Gasteiger partial charge in [-0.1, -0.05) is 12.1 Å². The highest BCUT2D eigenvalue weighted by Crippen LogP contribution is 2.29. The number of amides is 1. The van der Waals surface area contributed by atoms with Gasteiger partial charge in [-0.2, -0.15) is 0 Å². The summed E-state index contributed by atoms with van der Waals surface area (Å²) in [6.45, 7) is 6.56. The van der Waals surface area contributed by atoms with E-state index in [0.29, 0.717) is 25.6 Å². The molecule has 0 unspecified atom stereocenters. The van der Waals surface area contributed by atoms with E-state index in [4.69, 9.17) is 9.47 Å². The monoisotopic (exact) mass is 383 g/mol. The van der Waals surface area contributed by atoms with Gasteiger partial charge in [0, 0.05) is 37.9 Å². The van der Waals surface area contributed by atoms with Crippen molar-refractivity contribution in [1.29, 1.82) is 0 Å². The van der Waals surface area contributed by atoms with Crippen molar-refractivity contribution in [2.24, 2.45) is 0 Å². The standard InChI is InChI=1S/C22H29N3O3/c1-4-28-20-7-5-17(6-8-20)13-21(26)25-11-9-18(10-12-25)22-19(15-27-3)14-23-16(2)24-22/h5-8,14,18H,4,9-13,15H2,1-3H3. The van der Waals surface area contributed by atoms with E-state index in [1.165, 1.54) is 0 Å². The third kappa shape index (κ3) is 5.07. The maximum atomic E-state index is 12.7. The molecule has 3 rings (SSSR count). The van der Waals surface area contributed by atoms with Gasteiger partial charge in [-0.25, -0.2) is 9.97 Å². The number of benzene rings is 1. The number of hydrogen-bond acceptors (Lipinski definition) is 5. The first kappa shape index (κ1) is 20.3. The predicted octanol–water partition coefficient (Wildman–Crippen LogP) is 3.28. The molecule has 1 saturated heterocycles. The van der Waals surface area contributed by atoms with E-state index in [1.807, 2.05) is 49.2 Å². The minimum absolute atomic E-state index is 0.179. The second-order valence-corrected chi connectivity index (χ2v) is 7.17. The summed E-state index contributed by atoms with van der Waals surface area (Å²) in [5.41, 5.74) is 3.14. The average Bonchev–Trinajstić information content (AvgIpc) is 2.71. The van der Waals surface area contributed by atoms with Crippen molar-refractivity contribution in [2.45, 2.75) is 45.6 Å². The van der Waals surface area contributed by atoms with E-state index in [-0.39, 0.29) is 5.91 Å². The third-order valence-electron chi connectivity index (χ3n) is 5.14. The lowest BCUT2D eigenvalue weighted by Gasteiger charge is -2.32. The van der Waals surface area contributed by atoms with E-state index in [2.05, 4.69) is 9.97 Å². The Bertz CT molecular complexity index is 784. The molecule has 1 aliphatic rings. The molecule has 150 valence electrons. The zero-order chi connectivity index (χ0) is 19.9. The molecule has 1 fully saturated rings. The Morgan fingerprint density at radius 3 is 2.57 bits per heavy atom. The number of hydrogen-bond donors (Lipinski definition) is 0. The van der Waals surface area contributed by atoms with Crippen LogP contribution in [0.3, 0.4) is 0 Å². The highest BCUT2D eigenvalue weighted by atomic mass is 16.5. The lowest BCUT2D eigenvalue weighted by Crippen LogP contribution is -2.39. The number of ether oxygens (including phenoxy) is 2. The highest BCUT2D eigenvalue weighted by Gasteiger charge is 2.26. The van der Waals surface area contributed by atoms with Crippen molar-refractivity contribution >= 4 is 5.91 Å². The minimum Gasteiger partial charge on any atom is -0.494 e. The number of likely N-dealkylation sites (tertiary alicyclic amines) is 1. The van der Waals surface area contributed by atoms with Crippen LogP contribution >= 0.6 is 0 Å². The SMILES string of the molecule is CCOc1ccc(CC(=O)N2CCC(c3nc(C)ncc3COC)CC2)cc1. The van der Waals surface area contributed by atoms with Crippen LogP contribution in [0, 0.1) is 6.92 Å². The van der Waals surface area contributed by atoms with Crippen molar-refractivity contribution in [2.75, 3.05) is 26.8 Å². The molecule has 0 spiro atoms. The molecule has 0 bridgehead atoms. The molecule has 1 aliphatic heterocycles. The summed E-state index contributed by atoms with van der Waals surface area (Å²) in [7, 11) is 1.69. The van der Waals surface area contributed by atoms with Crippen LogP contribution in [-0.4, -0.2) is 47.6 Å². The van der Waals surface area contributed by atoms with Crippen molar-refractivity contribution < 1.29 is 14.3 Å². The van der Waals surface area contributed by atoms with E-state index in [1.54, 1.807) is 7.11 Å². The van der Waals surface area contributed by atoms with Crippen LogP contribution in [-0.2, 0) is 22.6 Å². The number of piperidine rings is 1. The molecule has 0 aliphatic carbocycles. The van der Waals surface area contributed by atoms with Gasteiger partial charge in [0.1, 0.15) is 11.6 Å². The maximum Gasteiger partial charge on any atom is 0.226 e. The topological polar surface area (TPSA) is 64.5 Å². The molecular formula is C22H29N3O3. The molecule has 2 aromatic rings. The first-order valence-corrected chi connectivity index (χ1v) is 9.91. The lowest BCUT2D eigenvalue weighted by molar-refractivity contribution is -0.131. The molecule has 1 aromatic carbocycles. The molecule has 0 N–H and O–H groups in total. The largest absolute Gasteiger partial charge is 0.494 e. The fourth-order valence-electron chi connectivity index (χ4n) is 3.69. The van der Waals surface area contributed by atoms with Crippen LogP contribution in [0.5, 0.6) is 5.75 Å². The maximum absolute atomic E-state index is 12.7. The average molecular weight is 383 g/mol. The molecule has 2 heterocycles. The van der Waals surface area contributed by atoms with Crippen molar-refractivity contribution in [3.8, 4) is 5.75 Å². The number of nitrogens with zero attached hydrogens (tertiary/aromatic N) is 3. The van der Waals surface area contributed by atoms with Gasteiger partial charge >= 0.3 is 0 Å². The lowest BCUT2D eigenvalue weighted by atomic mass is 9.90. The number of carbonyl (C=O) groups is 1. The molecular weight excluding hydrogens is 354 g/mol. The van der Waals surface area contributed by atoms with Crippen molar-refractivity contribution in [3.63, 3.8) is 0 Å². The molecule has 1 aromatic heterocycles. The summed E-state index contributed by atoms with van der Waals surface area (Å²) in [5.74, 6) is 2.15. The van der Waals surface area contributed by atoms with Crippen LogP contribution in [0.4, 0.5) is 0 Å². The summed E-state index contributed by atoms with van der Waals surface area (Å²) < 4.78 is 10.8. The van der Waals surface area contributed by atoms with Crippen LogP contribution in [0.2, 0.25) is 0 Å². The number of aromatic nitrogens is 2. The van der Waals surface area contributed by atoms with Gasteiger partial charge in [0.05, 0.1) is 25.3 Å². The van der Waals surface area contributed by atoms with Gasteiger partial charge < -0.3 is 14.4 Å². The highest BCUT2D eigenvalue weighted by molar-refractivity contribution is 5.79. The van der Waals surface area contributed by atoms with Crippen LogP contribution in [0.15, 0.2) is 30.5 Å². The van der Waals surface area contributed by atoms with Crippen molar-refractivity contribution in [1.82, 2.24) is 14.9 Å². The number of carbonyl (C=O) groups excluding carboxylic acids is 1. The second-order valence-electron chi connectivity index (χ2n) is 7.17. The van der Waals surface area contributed by atoms with Crippen LogP contribution < -0.4 is 4.74 Å². The van der Waals surface area contributed by atoms with Gasteiger partial charge in [0.25, 0.3) is 0 Å². The molecule has 0 atom stereocenters. The number of methoxy groups -OCH3 is 1. The Balaban J connectivity index is 1.57. The Labute approximate surface area is 166 Å². The fraction of sp³-hybridized carbons (Fsp3) is 0.500. The summed E-state index contributed by atoms with van der Waals surface area (Å²) in [4.78, 5) is 23.6. The summed E-state index contributed by atoms with van der Waals surface area (Å²) in [5, 5.41) is 0. The van der Waals surface area contributed by atoms with Gasteiger partial charge in [-0.15, -0.1) is 0 Å². The van der Waals surface area contributed by atoms with E-state index in [0.717, 1.165) is 54.3 Å². The first-order chi connectivity index (χ1) is 13.6. The number of aryl methyl sites for hydroxylation is 1. The summed E-state index contributed by atoms with van der Waals surface area (Å²) in [6, 6.07) is 7.78. The molecule has 6 nitrogen and oxygen atoms in total. The Hall–Kier alpha value is -2.47. The zero-order valence-corrected chi connectivity index (χ0v) is 17.0. The fourth-order valence-corrected chi connectivity index (χ4v) is 3.69. The molecule has 0 saturated carbocycles. The van der Waals surface area contributed by atoms with Crippen LogP contribution in [0.1, 0.15) is 48.3 Å². The predicted molar refractivity (Wildman–Crippen MR) is 107 cm³/mol. The molecule has 0 radical (unpaired) electrons. The second kappa shape index (κ2) is 9.64. The quantitative estimate of drug-likeness (QED) is 0.734. The zero-order valence-electron chi connectivity index (χ0n) is 17.0. The molecule has 1 amide bonds. The third-order valence-corrected chi connectivity index (χ3v) is 5.14. The van der Waals surface area contributed by atoms with Crippen molar-refractivity contribution in [3.05, 3.63) is 53.1 Å².